The van der Waals surface area contributed by atoms with Crippen LogP contribution in [0.25, 0.3) is 5.52 Å². The Balaban J connectivity index is 1.50. The van der Waals surface area contributed by atoms with Gasteiger partial charge in [0.25, 0.3) is 0 Å². The van der Waals surface area contributed by atoms with Gasteiger partial charge in [0.1, 0.15) is 0 Å². The van der Waals surface area contributed by atoms with E-state index < -0.39 is 0 Å². The van der Waals surface area contributed by atoms with E-state index in [1.54, 1.807) is 12.3 Å². The second-order valence-electron chi connectivity index (χ2n) is 6.02. The second kappa shape index (κ2) is 6.72. The highest BCUT2D eigenvalue weighted by Gasteiger charge is 2.16. The van der Waals surface area contributed by atoms with Crippen molar-refractivity contribution < 1.29 is 9.59 Å². The molecule has 0 fully saturated rings. The summed E-state index contributed by atoms with van der Waals surface area (Å²) in [6, 6.07) is 11.4. The standard InChI is InChI=1S/C19H17N3O2S/c23-17(12-25-19-20-11-15-5-1-2-9-22(15)19)14-7-8-16-13(10-14)4-3-6-18(24)21-16/h1-2,5,7-11H,3-4,6,12H2,(H,21,24). The van der Waals surface area contributed by atoms with Gasteiger partial charge in [0.05, 0.1) is 17.5 Å². The molecule has 0 saturated heterocycles. The lowest BCUT2D eigenvalue weighted by molar-refractivity contribution is -0.116. The van der Waals surface area contributed by atoms with E-state index in [-0.39, 0.29) is 11.7 Å². The number of Topliss-reactive ketones (excluding diaryl/α,β-unsaturated/α-hetero) is 1. The average molecular weight is 351 g/mol. The third-order valence-electron chi connectivity index (χ3n) is 4.29. The monoisotopic (exact) mass is 351 g/mol. The van der Waals surface area contributed by atoms with Gasteiger partial charge < -0.3 is 5.32 Å². The van der Waals surface area contributed by atoms with Crippen molar-refractivity contribution in [1.29, 1.82) is 0 Å². The molecule has 5 nitrogen and oxygen atoms in total. The van der Waals surface area contributed by atoms with Crippen molar-refractivity contribution in [2.45, 2.75) is 24.4 Å². The van der Waals surface area contributed by atoms with E-state index in [1.807, 2.05) is 40.9 Å². The van der Waals surface area contributed by atoms with Gasteiger partial charge in [0.2, 0.25) is 5.91 Å². The molecule has 1 N–H and O–H groups in total. The fourth-order valence-corrected chi connectivity index (χ4v) is 3.85. The molecule has 0 spiro atoms. The Bertz CT molecular complexity index is 964. The number of anilines is 1. The lowest BCUT2D eigenvalue weighted by Gasteiger charge is -2.08. The van der Waals surface area contributed by atoms with Crippen LogP contribution in [0.3, 0.4) is 0 Å². The predicted octanol–water partition coefficient (Wildman–Crippen LogP) is 3.58. The van der Waals surface area contributed by atoms with Gasteiger partial charge in [-0.25, -0.2) is 4.98 Å². The first-order valence-electron chi connectivity index (χ1n) is 8.21. The number of imidazole rings is 1. The molecule has 0 saturated carbocycles. The van der Waals surface area contributed by atoms with Gasteiger partial charge in [-0.1, -0.05) is 17.8 Å². The topological polar surface area (TPSA) is 63.5 Å². The number of amides is 1. The second-order valence-corrected chi connectivity index (χ2v) is 6.96. The molecule has 0 atom stereocenters. The van der Waals surface area contributed by atoms with Crippen molar-refractivity contribution in [3.8, 4) is 0 Å². The van der Waals surface area contributed by atoms with E-state index in [2.05, 4.69) is 10.3 Å². The van der Waals surface area contributed by atoms with Crippen LogP contribution in [0.1, 0.15) is 28.8 Å². The number of pyridine rings is 1. The molecular weight excluding hydrogens is 334 g/mol. The maximum Gasteiger partial charge on any atom is 0.224 e. The molecule has 2 aromatic heterocycles. The molecular formula is C19H17N3O2S. The molecule has 1 aliphatic heterocycles. The molecule has 3 heterocycles. The molecule has 0 bridgehead atoms. The van der Waals surface area contributed by atoms with Crippen LogP contribution < -0.4 is 5.32 Å². The lowest BCUT2D eigenvalue weighted by Crippen LogP contribution is -2.10. The highest BCUT2D eigenvalue weighted by atomic mass is 32.2. The molecule has 1 aromatic carbocycles. The number of rotatable bonds is 4. The highest BCUT2D eigenvalue weighted by Crippen LogP contribution is 2.25. The van der Waals surface area contributed by atoms with Gasteiger partial charge in [-0.15, -0.1) is 0 Å². The number of thioether (sulfide) groups is 1. The summed E-state index contributed by atoms with van der Waals surface area (Å²) < 4.78 is 1.98. The summed E-state index contributed by atoms with van der Waals surface area (Å²) in [4.78, 5) is 28.6. The number of ketones is 1. The highest BCUT2D eigenvalue weighted by molar-refractivity contribution is 7.99. The van der Waals surface area contributed by atoms with Crippen LogP contribution in [0.2, 0.25) is 0 Å². The minimum Gasteiger partial charge on any atom is -0.326 e. The minimum atomic E-state index is 0.0413. The van der Waals surface area contributed by atoms with Crippen molar-refractivity contribution >= 4 is 34.7 Å². The summed E-state index contributed by atoms with van der Waals surface area (Å²) in [6.07, 6.45) is 5.90. The molecule has 1 aliphatic rings. The molecule has 4 rings (SSSR count). The zero-order chi connectivity index (χ0) is 17.2. The smallest absolute Gasteiger partial charge is 0.224 e. The number of aromatic nitrogens is 2. The van der Waals surface area contributed by atoms with Gasteiger partial charge in [-0.2, -0.15) is 0 Å². The van der Waals surface area contributed by atoms with E-state index in [1.165, 1.54) is 11.8 Å². The van der Waals surface area contributed by atoms with Crippen LogP contribution in [-0.4, -0.2) is 26.8 Å². The van der Waals surface area contributed by atoms with E-state index in [4.69, 9.17) is 0 Å². The molecule has 3 aromatic rings. The number of fused-ring (bicyclic) bond motifs is 2. The Morgan fingerprint density at radius 3 is 3.08 bits per heavy atom. The number of hydrogen-bond acceptors (Lipinski definition) is 4. The number of nitrogens with one attached hydrogen (secondary N) is 1. The third kappa shape index (κ3) is 3.30. The zero-order valence-electron chi connectivity index (χ0n) is 13.6. The van der Waals surface area contributed by atoms with Crippen molar-refractivity contribution in [1.82, 2.24) is 9.38 Å². The average Bonchev–Trinajstić information content (AvgIpc) is 2.94. The summed E-state index contributed by atoms with van der Waals surface area (Å²) in [5.41, 5.74) is 3.56. The van der Waals surface area contributed by atoms with Crippen LogP contribution in [0, 0.1) is 0 Å². The quantitative estimate of drug-likeness (QED) is 0.576. The normalized spacial score (nSPS) is 14.0. The van der Waals surface area contributed by atoms with Crippen molar-refractivity contribution in [2.24, 2.45) is 0 Å². The molecule has 1 amide bonds. The van der Waals surface area contributed by atoms with Crippen LogP contribution in [0.4, 0.5) is 5.69 Å². The SMILES string of the molecule is O=C1CCCc2cc(C(=O)CSc3ncc4ccccn34)ccc2N1. The van der Waals surface area contributed by atoms with Crippen molar-refractivity contribution in [2.75, 3.05) is 11.1 Å². The summed E-state index contributed by atoms with van der Waals surface area (Å²) >= 11 is 1.43. The third-order valence-corrected chi connectivity index (χ3v) is 5.26. The predicted molar refractivity (Wildman–Crippen MR) is 98.3 cm³/mol. The van der Waals surface area contributed by atoms with Crippen LogP contribution in [-0.2, 0) is 11.2 Å². The Labute approximate surface area is 149 Å². The van der Waals surface area contributed by atoms with Crippen molar-refractivity contribution in [3.05, 3.63) is 59.9 Å². The maximum absolute atomic E-state index is 12.6. The van der Waals surface area contributed by atoms with Gasteiger partial charge >= 0.3 is 0 Å². The maximum atomic E-state index is 12.6. The first-order chi connectivity index (χ1) is 12.2. The Morgan fingerprint density at radius 1 is 1.24 bits per heavy atom. The van der Waals surface area contributed by atoms with Crippen molar-refractivity contribution in [3.63, 3.8) is 0 Å². The number of nitrogens with zero attached hydrogens (tertiary/aromatic N) is 2. The van der Waals surface area contributed by atoms with Gasteiger partial charge in [-0.05, 0) is 48.7 Å². The summed E-state index contributed by atoms with van der Waals surface area (Å²) in [7, 11) is 0. The molecule has 6 heteroatoms. The number of hydrogen-bond donors (Lipinski definition) is 1. The molecule has 0 aliphatic carbocycles. The Morgan fingerprint density at radius 2 is 2.16 bits per heavy atom. The largest absolute Gasteiger partial charge is 0.326 e. The van der Waals surface area contributed by atoms with Gasteiger partial charge in [-0.3, -0.25) is 14.0 Å². The summed E-state index contributed by atoms with van der Waals surface area (Å²) in [6.45, 7) is 0. The summed E-state index contributed by atoms with van der Waals surface area (Å²) in [5.74, 6) is 0.440. The van der Waals surface area contributed by atoms with E-state index in [9.17, 15) is 9.59 Å². The van der Waals surface area contributed by atoms with E-state index in [0.717, 1.165) is 34.8 Å². The lowest BCUT2D eigenvalue weighted by atomic mass is 10.0. The molecule has 126 valence electrons. The first kappa shape index (κ1) is 15.9. The number of carbonyl (C=O) groups excluding carboxylic acids is 2. The van der Waals surface area contributed by atoms with E-state index in [0.29, 0.717) is 17.7 Å². The molecule has 0 radical (unpaired) electrons. The van der Waals surface area contributed by atoms with Crippen LogP contribution >= 0.6 is 11.8 Å². The Hall–Kier alpha value is -2.60. The fourth-order valence-electron chi connectivity index (χ4n) is 2.99. The fraction of sp³-hybridized carbons (Fsp3) is 0.211. The molecule has 0 unspecified atom stereocenters. The zero-order valence-corrected chi connectivity index (χ0v) is 14.4. The summed E-state index contributed by atoms with van der Waals surface area (Å²) in [5, 5.41) is 3.71. The van der Waals surface area contributed by atoms with Crippen LogP contribution in [0.15, 0.2) is 53.9 Å². The van der Waals surface area contributed by atoms with E-state index >= 15 is 0 Å². The Kier molecular flexibility index (Phi) is 4.28. The van der Waals surface area contributed by atoms with Gasteiger partial charge in [0, 0.05) is 23.9 Å². The van der Waals surface area contributed by atoms with Gasteiger partial charge in [0.15, 0.2) is 10.9 Å². The molecule has 25 heavy (non-hydrogen) atoms. The minimum absolute atomic E-state index is 0.0413. The number of aryl methyl sites for hydroxylation is 1. The number of carbonyl (C=O) groups is 2. The van der Waals surface area contributed by atoms with Crippen LogP contribution in [0.5, 0.6) is 0 Å². The first-order valence-corrected chi connectivity index (χ1v) is 9.20. The number of benzene rings is 1.